The van der Waals surface area contributed by atoms with E-state index in [-0.39, 0.29) is 6.04 Å². The van der Waals surface area contributed by atoms with E-state index in [1.165, 1.54) is 50.1 Å². The Morgan fingerprint density at radius 3 is 2.51 bits per heavy atom. The lowest BCUT2D eigenvalue weighted by molar-refractivity contribution is -0.0812. The highest BCUT2D eigenvalue weighted by Gasteiger charge is 2.45. The Kier molecular flexibility index (Phi) is 7.41. The van der Waals surface area contributed by atoms with Gasteiger partial charge in [0.1, 0.15) is 17.9 Å². The summed E-state index contributed by atoms with van der Waals surface area (Å²) in [6.07, 6.45) is 6.35. The molecule has 0 saturated carbocycles. The number of piperazine rings is 1. The molecule has 216 valence electrons. The van der Waals surface area contributed by atoms with Gasteiger partial charge in [-0.15, -0.1) is 0 Å². The Balaban J connectivity index is 0.998. The first kappa shape index (κ1) is 26.5. The lowest BCUT2D eigenvalue weighted by atomic mass is 9.85. The van der Waals surface area contributed by atoms with Gasteiger partial charge in [-0.2, -0.15) is 0 Å². The summed E-state index contributed by atoms with van der Waals surface area (Å²) >= 11 is 0. The molecule has 2 aromatic carbocycles. The molecule has 5 aliphatic rings. The minimum atomic E-state index is 0.128. The molecule has 41 heavy (non-hydrogen) atoms. The van der Waals surface area contributed by atoms with E-state index in [1.54, 1.807) is 13.4 Å². The highest BCUT2D eigenvalue weighted by molar-refractivity contribution is 5.70. The van der Waals surface area contributed by atoms with Gasteiger partial charge in [0.15, 0.2) is 5.82 Å². The van der Waals surface area contributed by atoms with Crippen LogP contribution in [-0.2, 0) is 4.84 Å². The largest absolute Gasteiger partial charge is 0.494 e. The maximum absolute atomic E-state index is 5.98. The number of likely N-dealkylation sites (N-methyl/N-ethyl adjacent to an activating group) is 1. The van der Waals surface area contributed by atoms with Crippen LogP contribution < -0.4 is 20.0 Å². The molecule has 1 aromatic heterocycles. The summed E-state index contributed by atoms with van der Waals surface area (Å²) < 4.78 is 5.83. The summed E-state index contributed by atoms with van der Waals surface area (Å²) in [6, 6.07) is 21.2. The first-order valence-electron chi connectivity index (χ1n) is 15.2. The molecule has 8 rings (SSSR count). The van der Waals surface area contributed by atoms with Gasteiger partial charge in [0, 0.05) is 68.5 Å². The summed E-state index contributed by atoms with van der Waals surface area (Å²) in [4.78, 5) is 23.0. The number of anilines is 4. The second-order valence-corrected chi connectivity index (χ2v) is 11.7. The molecule has 0 amide bonds. The Labute approximate surface area is 243 Å². The molecule has 0 aliphatic carbocycles. The molecule has 0 radical (unpaired) electrons. The number of hydrogen-bond acceptors (Lipinski definition) is 9. The van der Waals surface area contributed by atoms with Gasteiger partial charge in [-0.3, -0.25) is 14.6 Å². The molecule has 2 unspecified atom stereocenters. The fraction of sp³-hybridized carbons (Fsp3) is 0.500. The highest BCUT2D eigenvalue weighted by atomic mass is 16.7. The monoisotopic (exact) mass is 555 g/mol. The van der Waals surface area contributed by atoms with Crippen LogP contribution in [0.1, 0.15) is 44.2 Å². The minimum Gasteiger partial charge on any atom is -0.494 e. The van der Waals surface area contributed by atoms with Crippen molar-refractivity contribution in [2.45, 2.75) is 56.8 Å². The van der Waals surface area contributed by atoms with Gasteiger partial charge >= 0.3 is 0 Å². The van der Waals surface area contributed by atoms with Crippen molar-refractivity contribution in [2.75, 3.05) is 61.7 Å². The van der Waals surface area contributed by atoms with Crippen LogP contribution in [0.2, 0.25) is 0 Å². The molecule has 9 nitrogen and oxygen atoms in total. The van der Waals surface area contributed by atoms with Crippen molar-refractivity contribution in [1.82, 2.24) is 19.8 Å². The lowest BCUT2D eigenvalue weighted by Gasteiger charge is -2.58. The van der Waals surface area contributed by atoms with Crippen LogP contribution in [0.25, 0.3) is 0 Å². The molecule has 3 atom stereocenters. The Morgan fingerprint density at radius 1 is 0.951 bits per heavy atom. The van der Waals surface area contributed by atoms with Gasteiger partial charge in [-0.05, 0) is 43.5 Å². The summed E-state index contributed by atoms with van der Waals surface area (Å²) in [6.45, 7) is 8.84. The van der Waals surface area contributed by atoms with Crippen molar-refractivity contribution in [3.8, 4) is 5.75 Å². The number of ether oxygens (including phenoxy) is 1. The van der Waals surface area contributed by atoms with E-state index in [0.717, 1.165) is 48.8 Å². The summed E-state index contributed by atoms with van der Waals surface area (Å²) in [5, 5.41) is 5.35. The number of piperidine rings is 2. The molecule has 6 heterocycles. The first-order chi connectivity index (χ1) is 20.2. The molecule has 5 saturated heterocycles. The average Bonchev–Trinajstić information content (AvgIpc) is 3.53. The molecule has 0 spiro atoms. The number of hydrogen-bond donors (Lipinski definition) is 1. The number of rotatable bonds is 8. The first-order valence-corrected chi connectivity index (χ1v) is 15.2. The van der Waals surface area contributed by atoms with Crippen LogP contribution in [-0.4, -0.2) is 84.3 Å². The second-order valence-electron chi connectivity index (χ2n) is 11.7. The van der Waals surface area contributed by atoms with Crippen molar-refractivity contribution in [2.24, 2.45) is 0 Å². The minimum absolute atomic E-state index is 0.128. The van der Waals surface area contributed by atoms with Gasteiger partial charge in [0.2, 0.25) is 0 Å². The van der Waals surface area contributed by atoms with E-state index in [1.807, 2.05) is 17.2 Å². The fourth-order valence-electron chi connectivity index (χ4n) is 7.35. The van der Waals surface area contributed by atoms with E-state index >= 15 is 0 Å². The zero-order valence-corrected chi connectivity index (χ0v) is 24.2. The maximum atomic E-state index is 5.98. The molecule has 5 aliphatic heterocycles. The number of benzene rings is 2. The summed E-state index contributed by atoms with van der Waals surface area (Å²) in [5.74, 6) is 2.24. The third-order valence-electron chi connectivity index (χ3n) is 9.50. The number of fused-ring (bicyclic) bond motifs is 2. The van der Waals surface area contributed by atoms with E-state index in [0.29, 0.717) is 18.5 Å². The third-order valence-corrected chi connectivity index (χ3v) is 9.50. The summed E-state index contributed by atoms with van der Waals surface area (Å²) in [7, 11) is 1.73. The predicted molar refractivity (Wildman–Crippen MR) is 162 cm³/mol. The molecule has 3 aromatic rings. The molecule has 2 bridgehead atoms. The molecular formula is C32H41N7O2. The Bertz CT molecular complexity index is 1320. The smallest absolute Gasteiger partial charge is 0.158 e. The van der Waals surface area contributed by atoms with Crippen LogP contribution in [0, 0.1) is 0 Å². The number of aromatic nitrogens is 2. The van der Waals surface area contributed by atoms with E-state index in [4.69, 9.17) is 9.57 Å². The van der Waals surface area contributed by atoms with Crippen molar-refractivity contribution < 1.29 is 9.57 Å². The van der Waals surface area contributed by atoms with Gasteiger partial charge < -0.3 is 15.0 Å². The molecular weight excluding hydrogens is 514 g/mol. The highest BCUT2D eigenvalue weighted by Crippen LogP contribution is 2.38. The Hall–Kier alpha value is -3.40. The van der Waals surface area contributed by atoms with Crippen molar-refractivity contribution in [1.29, 1.82) is 0 Å². The number of methoxy groups -OCH3 is 1. The van der Waals surface area contributed by atoms with Crippen LogP contribution in [0.4, 0.5) is 23.0 Å². The van der Waals surface area contributed by atoms with Crippen LogP contribution in [0.3, 0.4) is 0 Å². The van der Waals surface area contributed by atoms with Crippen molar-refractivity contribution in [3.05, 3.63) is 66.5 Å². The standard InChI is InChI=1S/C32H41N7O2/c1-3-38-26-17-27(38)21-37(20-26)24-11-14-36(15-12-24)25-9-10-28(30(18-25)40-2)35-31-19-32(34-22-33-31)39-29(13-16-41-39)23-7-5-4-6-8-23/h4-10,18-19,22,24,26-27,29H,3,11-17,20-21H2,1-2H3,(H,33,34,35)/t26?,27?,29-/m1/s1. The van der Waals surface area contributed by atoms with Gasteiger partial charge in [0.25, 0.3) is 0 Å². The van der Waals surface area contributed by atoms with Crippen LogP contribution >= 0.6 is 0 Å². The van der Waals surface area contributed by atoms with Gasteiger partial charge in [-0.1, -0.05) is 37.3 Å². The average molecular weight is 556 g/mol. The van der Waals surface area contributed by atoms with Crippen molar-refractivity contribution in [3.63, 3.8) is 0 Å². The van der Waals surface area contributed by atoms with Gasteiger partial charge in [0.05, 0.1) is 25.4 Å². The van der Waals surface area contributed by atoms with E-state index in [9.17, 15) is 0 Å². The second kappa shape index (κ2) is 11.5. The van der Waals surface area contributed by atoms with Gasteiger partial charge in [-0.25, -0.2) is 15.0 Å². The van der Waals surface area contributed by atoms with Crippen LogP contribution in [0.15, 0.2) is 60.9 Å². The number of nitrogens with one attached hydrogen (secondary N) is 1. The van der Waals surface area contributed by atoms with E-state index < -0.39 is 0 Å². The van der Waals surface area contributed by atoms with Crippen LogP contribution in [0.5, 0.6) is 5.75 Å². The topological polar surface area (TPSA) is 69.2 Å². The fourth-order valence-corrected chi connectivity index (χ4v) is 7.35. The summed E-state index contributed by atoms with van der Waals surface area (Å²) in [5.41, 5.74) is 3.31. The van der Waals surface area contributed by atoms with Crippen molar-refractivity contribution >= 4 is 23.0 Å². The Morgan fingerprint density at radius 2 is 1.76 bits per heavy atom. The zero-order valence-electron chi connectivity index (χ0n) is 24.2. The maximum Gasteiger partial charge on any atom is 0.158 e. The quantitative estimate of drug-likeness (QED) is 0.420. The predicted octanol–water partition coefficient (Wildman–Crippen LogP) is 4.86. The van der Waals surface area contributed by atoms with E-state index in [2.05, 4.69) is 79.4 Å². The molecule has 9 heteroatoms. The lowest BCUT2D eigenvalue weighted by Crippen LogP contribution is -2.70. The number of hydroxylamine groups is 1. The number of nitrogens with zero attached hydrogens (tertiary/aromatic N) is 6. The third kappa shape index (κ3) is 5.22. The SMILES string of the molecule is CCN1C2CC1CN(C1CCN(c3ccc(Nc4cc(N5OCC[C@@H]5c5ccccc5)ncn4)c(OC)c3)CC1)C2. The normalized spacial score (nSPS) is 25.3. The molecule has 5 fully saturated rings. The zero-order chi connectivity index (χ0) is 27.8. The molecule has 1 N–H and O–H groups in total.